The highest BCUT2D eigenvalue weighted by Gasteiger charge is 2.15. The number of ether oxygens (including phenoxy) is 1. The molecular formula is C28H29N3O2S. The largest absolute Gasteiger partial charge is 0.492 e. The summed E-state index contributed by atoms with van der Waals surface area (Å²) in [6.45, 7) is 4.12. The lowest BCUT2D eigenvalue weighted by atomic mass is 9.98. The van der Waals surface area contributed by atoms with Crippen molar-refractivity contribution in [2.75, 3.05) is 31.6 Å². The number of hydrogen-bond donors (Lipinski definition) is 2. The Labute approximate surface area is 204 Å². The standard InChI is InChI=1S/C28H29N3O2S/c29-28(32)30-22-7-5-6-21(19-22)27-25(24-8-1-2-9-26(24)34-27)18-20-10-12-23(13-11-20)33-17-16-31-14-3-4-15-31/h1-2,5-13,19H,3-4,14-18H2,(H3,29,30,32). The second-order valence-electron chi connectivity index (χ2n) is 8.69. The maximum Gasteiger partial charge on any atom is 0.316 e. The number of hydrogen-bond acceptors (Lipinski definition) is 4. The van der Waals surface area contributed by atoms with Crippen LogP contribution in [0.1, 0.15) is 24.0 Å². The van der Waals surface area contributed by atoms with E-state index in [-0.39, 0.29) is 0 Å². The molecule has 5 nitrogen and oxygen atoms in total. The first-order valence-corrected chi connectivity index (χ1v) is 12.6. The van der Waals surface area contributed by atoms with Gasteiger partial charge in [0.1, 0.15) is 12.4 Å². The Kier molecular flexibility index (Phi) is 6.79. The number of urea groups is 1. The van der Waals surface area contributed by atoms with Crippen LogP contribution < -0.4 is 15.8 Å². The molecule has 1 fully saturated rings. The molecule has 3 aromatic carbocycles. The number of nitrogens with two attached hydrogens (primary N) is 1. The topological polar surface area (TPSA) is 67.6 Å². The molecule has 4 aromatic rings. The SMILES string of the molecule is NC(=O)Nc1cccc(-c2sc3ccccc3c2Cc2ccc(OCCN3CCCC3)cc2)c1. The van der Waals surface area contributed by atoms with Gasteiger partial charge in [-0.2, -0.15) is 0 Å². The average Bonchev–Trinajstić information content (AvgIpc) is 3.48. The van der Waals surface area contributed by atoms with Crippen molar-refractivity contribution in [2.45, 2.75) is 19.3 Å². The number of fused-ring (bicyclic) bond motifs is 1. The van der Waals surface area contributed by atoms with Crippen LogP contribution in [0.4, 0.5) is 10.5 Å². The summed E-state index contributed by atoms with van der Waals surface area (Å²) in [4.78, 5) is 15.0. The van der Waals surface area contributed by atoms with Crippen LogP contribution in [0.2, 0.25) is 0 Å². The van der Waals surface area contributed by atoms with Crippen molar-refractivity contribution in [3.05, 3.63) is 83.9 Å². The van der Waals surface area contributed by atoms with E-state index in [0.717, 1.165) is 30.9 Å². The van der Waals surface area contributed by atoms with Crippen LogP contribution in [0.15, 0.2) is 72.8 Å². The molecule has 0 radical (unpaired) electrons. The lowest BCUT2D eigenvalue weighted by molar-refractivity contribution is 0.238. The van der Waals surface area contributed by atoms with E-state index in [1.165, 1.54) is 52.0 Å². The molecule has 0 unspecified atom stereocenters. The van der Waals surface area contributed by atoms with Gasteiger partial charge in [0.2, 0.25) is 0 Å². The average molecular weight is 472 g/mol. The van der Waals surface area contributed by atoms with Crippen molar-refractivity contribution in [2.24, 2.45) is 5.73 Å². The fraction of sp³-hybridized carbons (Fsp3) is 0.250. The molecule has 0 bridgehead atoms. The number of amides is 2. The molecule has 1 aromatic heterocycles. The summed E-state index contributed by atoms with van der Waals surface area (Å²) in [5, 5.41) is 3.95. The Bertz CT molecular complexity index is 1280. The number of nitrogens with one attached hydrogen (secondary N) is 1. The van der Waals surface area contributed by atoms with Gasteiger partial charge in [-0.3, -0.25) is 4.90 Å². The van der Waals surface area contributed by atoms with Gasteiger partial charge in [0.25, 0.3) is 0 Å². The molecule has 3 N–H and O–H groups in total. The molecule has 2 amide bonds. The normalized spacial score (nSPS) is 13.9. The summed E-state index contributed by atoms with van der Waals surface area (Å²) in [5.41, 5.74) is 9.62. The number of likely N-dealkylation sites (tertiary alicyclic amines) is 1. The second kappa shape index (κ2) is 10.3. The third-order valence-corrected chi connectivity index (χ3v) is 7.53. The van der Waals surface area contributed by atoms with Crippen molar-refractivity contribution >= 4 is 33.1 Å². The Hall–Kier alpha value is -3.35. The number of carbonyl (C=O) groups is 1. The number of benzene rings is 3. The fourth-order valence-electron chi connectivity index (χ4n) is 4.59. The Morgan fingerprint density at radius 3 is 2.59 bits per heavy atom. The van der Waals surface area contributed by atoms with Gasteiger partial charge in [-0.05, 0) is 84.8 Å². The monoisotopic (exact) mass is 471 g/mol. The van der Waals surface area contributed by atoms with Gasteiger partial charge < -0.3 is 15.8 Å². The molecule has 0 aliphatic carbocycles. The number of thiophene rings is 1. The first-order valence-electron chi connectivity index (χ1n) is 11.8. The molecule has 174 valence electrons. The van der Waals surface area contributed by atoms with Crippen LogP contribution in [-0.2, 0) is 6.42 Å². The van der Waals surface area contributed by atoms with Crippen LogP contribution in [-0.4, -0.2) is 37.2 Å². The van der Waals surface area contributed by atoms with Gasteiger partial charge in [-0.1, -0.05) is 42.5 Å². The summed E-state index contributed by atoms with van der Waals surface area (Å²) in [7, 11) is 0. The van der Waals surface area contributed by atoms with Crippen molar-refractivity contribution in [1.82, 2.24) is 4.90 Å². The Morgan fingerprint density at radius 2 is 1.79 bits per heavy atom. The third kappa shape index (κ3) is 5.24. The first kappa shape index (κ1) is 22.4. The highest BCUT2D eigenvalue weighted by molar-refractivity contribution is 7.22. The highest BCUT2D eigenvalue weighted by atomic mass is 32.1. The summed E-state index contributed by atoms with van der Waals surface area (Å²) >= 11 is 1.78. The zero-order valence-corrected chi connectivity index (χ0v) is 19.9. The Balaban J connectivity index is 1.36. The number of anilines is 1. The summed E-state index contributed by atoms with van der Waals surface area (Å²) in [5.74, 6) is 0.920. The van der Waals surface area contributed by atoms with E-state index in [9.17, 15) is 4.79 Å². The minimum Gasteiger partial charge on any atom is -0.492 e. The first-order chi connectivity index (χ1) is 16.7. The number of nitrogens with zero attached hydrogens (tertiary/aromatic N) is 1. The van der Waals surface area contributed by atoms with Gasteiger partial charge >= 0.3 is 6.03 Å². The molecule has 2 heterocycles. The zero-order valence-electron chi connectivity index (χ0n) is 19.1. The predicted molar refractivity (Wildman–Crippen MR) is 141 cm³/mol. The number of carbonyl (C=O) groups excluding carboxylic acids is 1. The van der Waals surface area contributed by atoms with Gasteiger partial charge in [-0.15, -0.1) is 11.3 Å². The van der Waals surface area contributed by atoms with Crippen LogP contribution in [0, 0.1) is 0 Å². The highest BCUT2D eigenvalue weighted by Crippen LogP contribution is 2.40. The minimum atomic E-state index is -0.559. The third-order valence-electron chi connectivity index (χ3n) is 6.27. The molecule has 0 atom stereocenters. The van der Waals surface area contributed by atoms with E-state index < -0.39 is 6.03 Å². The zero-order chi connectivity index (χ0) is 23.3. The van der Waals surface area contributed by atoms with Crippen molar-refractivity contribution in [3.63, 3.8) is 0 Å². The lowest BCUT2D eigenvalue weighted by Gasteiger charge is -2.15. The number of primary amides is 1. The maximum atomic E-state index is 11.3. The number of rotatable bonds is 8. The molecule has 5 rings (SSSR count). The van der Waals surface area contributed by atoms with Crippen LogP contribution >= 0.6 is 11.3 Å². The maximum absolute atomic E-state index is 11.3. The molecule has 6 heteroatoms. The van der Waals surface area contributed by atoms with Crippen LogP contribution in [0.25, 0.3) is 20.5 Å². The second-order valence-corrected chi connectivity index (χ2v) is 9.75. The molecular weight excluding hydrogens is 442 g/mol. The van der Waals surface area contributed by atoms with Gasteiger partial charge in [0, 0.05) is 21.8 Å². The Morgan fingerprint density at radius 1 is 1.00 bits per heavy atom. The van der Waals surface area contributed by atoms with E-state index in [1.807, 2.05) is 18.2 Å². The molecule has 34 heavy (non-hydrogen) atoms. The van der Waals surface area contributed by atoms with Crippen molar-refractivity contribution in [3.8, 4) is 16.2 Å². The van der Waals surface area contributed by atoms with E-state index in [4.69, 9.17) is 10.5 Å². The fourth-order valence-corrected chi connectivity index (χ4v) is 5.81. The summed E-state index contributed by atoms with van der Waals surface area (Å²) < 4.78 is 7.23. The minimum absolute atomic E-state index is 0.559. The molecule has 1 aliphatic heterocycles. The van der Waals surface area contributed by atoms with Crippen LogP contribution in [0.5, 0.6) is 5.75 Å². The summed E-state index contributed by atoms with van der Waals surface area (Å²) in [6, 6.07) is 24.3. The van der Waals surface area contributed by atoms with Crippen molar-refractivity contribution in [1.29, 1.82) is 0 Å². The predicted octanol–water partition coefficient (Wildman–Crippen LogP) is 6.12. The van der Waals surface area contributed by atoms with E-state index >= 15 is 0 Å². The van der Waals surface area contributed by atoms with E-state index in [2.05, 4.69) is 64.8 Å². The molecule has 1 saturated heterocycles. The van der Waals surface area contributed by atoms with Crippen molar-refractivity contribution < 1.29 is 9.53 Å². The quantitative estimate of drug-likeness (QED) is 0.325. The molecule has 0 spiro atoms. The van der Waals surface area contributed by atoms with Gasteiger partial charge in [0.05, 0.1) is 0 Å². The van der Waals surface area contributed by atoms with Gasteiger partial charge in [-0.25, -0.2) is 4.79 Å². The lowest BCUT2D eigenvalue weighted by Crippen LogP contribution is -2.25. The molecule has 1 aliphatic rings. The van der Waals surface area contributed by atoms with E-state index in [0.29, 0.717) is 5.69 Å². The summed E-state index contributed by atoms with van der Waals surface area (Å²) in [6.07, 6.45) is 3.43. The smallest absolute Gasteiger partial charge is 0.316 e. The van der Waals surface area contributed by atoms with Crippen LogP contribution in [0.3, 0.4) is 0 Å². The molecule has 0 saturated carbocycles. The van der Waals surface area contributed by atoms with E-state index in [1.54, 1.807) is 11.3 Å². The van der Waals surface area contributed by atoms with Gasteiger partial charge in [0.15, 0.2) is 0 Å².